The van der Waals surface area contributed by atoms with Crippen LogP contribution in [0.5, 0.6) is 0 Å². The van der Waals surface area contributed by atoms with Gasteiger partial charge >= 0.3 is 10.2 Å². The van der Waals surface area contributed by atoms with E-state index in [1.165, 1.54) is 19.5 Å². The lowest BCUT2D eigenvalue weighted by Gasteiger charge is -2.32. The lowest BCUT2D eigenvalue weighted by molar-refractivity contribution is 0.101. The number of nitrogens with zero attached hydrogens (tertiary/aromatic N) is 4. The number of ketones is 1. The Labute approximate surface area is 207 Å². The van der Waals surface area contributed by atoms with Gasteiger partial charge in [0.25, 0.3) is 0 Å². The number of hydrogen-bond acceptors (Lipinski definition) is 6. The Morgan fingerprint density at radius 1 is 1.03 bits per heavy atom. The number of aromatic nitrogens is 2. The van der Waals surface area contributed by atoms with Crippen molar-refractivity contribution in [2.75, 3.05) is 16.3 Å². The average Bonchev–Trinajstić information content (AvgIpc) is 2.85. The van der Waals surface area contributed by atoms with Crippen molar-refractivity contribution in [1.29, 1.82) is 0 Å². The molecule has 0 unspecified atom stereocenters. The fraction of sp³-hybridized carbons (Fsp3) is 0.346. The smallest absolute Gasteiger partial charge is 0.304 e. The molecule has 1 aromatic heterocycles. The third-order valence-corrected chi connectivity index (χ3v) is 7.35. The van der Waals surface area contributed by atoms with Crippen LogP contribution >= 0.6 is 0 Å². The molecule has 0 radical (unpaired) electrons. The monoisotopic (exact) mass is 493 g/mol. The van der Waals surface area contributed by atoms with E-state index < -0.39 is 10.2 Å². The quantitative estimate of drug-likeness (QED) is 0.467. The maximum atomic E-state index is 13.0. The van der Waals surface area contributed by atoms with Crippen molar-refractivity contribution >= 4 is 33.4 Å². The molecule has 1 aliphatic carbocycles. The van der Waals surface area contributed by atoms with Crippen LogP contribution in [0.2, 0.25) is 0 Å². The van der Waals surface area contributed by atoms with Crippen LogP contribution in [0, 0.1) is 0 Å². The standard InChI is InChI=1S/C26H31N5O3S/c1-19(32)23-18-28-26(30(2)22-14-7-4-8-15-22)29-25(23)31(35(27,33)34)24-16-10-9-13-21(24)17-20-11-5-3-6-12-20/h3,5-6,9-13,16,18,22H,4,7-8,14-15,17H2,1-2H3,(H2,27,33,34). The topological polar surface area (TPSA) is 109 Å². The lowest BCUT2D eigenvalue weighted by atomic mass is 9.95. The summed E-state index contributed by atoms with van der Waals surface area (Å²) in [5.41, 5.74) is 2.20. The van der Waals surface area contributed by atoms with E-state index in [2.05, 4.69) is 9.97 Å². The first-order valence-electron chi connectivity index (χ1n) is 11.8. The number of carbonyl (C=O) groups is 1. The van der Waals surface area contributed by atoms with Crippen LogP contribution in [-0.4, -0.2) is 37.3 Å². The normalized spacial score (nSPS) is 14.5. The minimum atomic E-state index is -4.34. The number of rotatable bonds is 8. The first kappa shape index (κ1) is 24.8. The van der Waals surface area contributed by atoms with Crippen LogP contribution < -0.4 is 14.3 Å². The molecule has 0 saturated heterocycles. The molecular formula is C26H31N5O3S. The van der Waals surface area contributed by atoms with Crippen molar-refractivity contribution in [3.05, 3.63) is 77.5 Å². The number of Topliss-reactive ketones (excluding diaryl/α,β-unsaturated/α-hetero) is 1. The lowest BCUT2D eigenvalue weighted by Crippen LogP contribution is -2.37. The Balaban J connectivity index is 1.84. The van der Waals surface area contributed by atoms with E-state index in [1.54, 1.807) is 12.1 Å². The van der Waals surface area contributed by atoms with Gasteiger partial charge < -0.3 is 4.90 Å². The zero-order valence-corrected chi connectivity index (χ0v) is 20.9. The van der Waals surface area contributed by atoms with Crippen LogP contribution in [0.4, 0.5) is 17.5 Å². The molecule has 0 spiro atoms. The van der Waals surface area contributed by atoms with Gasteiger partial charge in [-0.05, 0) is 43.4 Å². The predicted octanol–water partition coefficient (Wildman–Crippen LogP) is 4.38. The molecule has 184 valence electrons. The van der Waals surface area contributed by atoms with E-state index in [4.69, 9.17) is 5.14 Å². The number of carbonyl (C=O) groups excluding carboxylic acids is 1. The Morgan fingerprint density at radius 3 is 2.34 bits per heavy atom. The summed E-state index contributed by atoms with van der Waals surface area (Å²) in [6.45, 7) is 1.36. The van der Waals surface area contributed by atoms with E-state index in [9.17, 15) is 13.2 Å². The summed E-state index contributed by atoms with van der Waals surface area (Å²) in [4.78, 5) is 23.5. The Kier molecular flexibility index (Phi) is 7.47. The number of benzene rings is 2. The fourth-order valence-corrected chi connectivity index (χ4v) is 5.45. The van der Waals surface area contributed by atoms with Crippen LogP contribution in [-0.2, 0) is 16.6 Å². The second-order valence-electron chi connectivity index (χ2n) is 8.97. The van der Waals surface area contributed by atoms with Crippen molar-refractivity contribution in [2.45, 2.75) is 51.5 Å². The summed E-state index contributed by atoms with van der Waals surface area (Å²) in [7, 11) is -2.43. The summed E-state index contributed by atoms with van der Waals surface area (Å²) in [5.74, 6) is -0.0136. The van der Waals surface area contributed by atoms with E-state index in [0.29, 0.717) is 18.1 Å². The highest BCUT2D eigenvalue weighted by Crippen LogP contribution is 2.34. The molecule has 1 saturated carbocycles. The summed E-state index contributed by atoms with van der Waals surface area (Å²) in [6.07, 6.45) is 7.38. The Hall–Kier alpha value is -3.30. The van der Waals surface area contributed by atoms with Gasteiger partial charge in [0.05, 0.1) is 11.3 Å². The molecule has 0 bridgehead atoms. The molecule has 1 heterocycles. The van der Waals surface area contributed by atoms with Gasteiger partial charge in [-0.3, -0.25) is 4.79 Å². The average molecular weight is 494 g/mol. The zero-order valence-electron chi connectivity index (χ0n) is 20.1. The number of para-hydroxylation sites is 1. The van der Waals surface area contributed by atoms with Gasteiger partial charge in [0.1, 0.15) is 0 Å². The molecule has 8 nitrogen and oxygen atoms in total. The second kappa shape index (κ2) is 10.5. The van der Waals surface area contributed by atoms with Crippen LogP contribution in [0.1, 0.15) is 60.5 Å². The number of hydrogen-bond donors (Lipinski definition) is 1. The van der Waals surface area contributed by atoms with E-state index in [1.807, 2.05) is 54.4 Å². The minimum Gasteiger partial charge on any atom is -0.341 e. The van der Waals surface area contributed by atoms with Gasteiger partial charge in [-0.15, -0.1) is 0 Å². The Morgan fingerprint density at radius 2 is 1.69 bits per heavy atom. The molecule has 2 aromatic carbocycles. The molecule has 1 aliphatic rings. The zero-order chi connectivity index (χ0) is 25.0. The van der Waals surface area contributed by atoms with Crippen molar-refractivity contribution in [3.8, 4) is 0 Å². The molecule has 4 rings (SSSR count). The molecule has 0 amide bonds. The highest BCUT2D eigenvalue weighted by Gasteiger charge is 2.30. The predicted molar refractivity (Wildman–Crippen MR) is 138 cm³/mol. The molecule has 2 N–H and O–H groups in total. The van der Waals surface area contributed by atoms with Crippen molar-refractivity contribution < 1.29 is 13.2 Å². The van der Waals surface area contributed by atoms with E-state index in [-0.39, 0.29) is 23.2 Å². The van der Waals surface area contributed by atoms with Gasteiger partial charge in [0.15, 0.2) is 11.6 Å². The Bertz CT molecular complexity index is 1290. The van der Waals surface area contributed by atoms with Gasteiger partial charge in [-0.2, -0.15) is 13.4 Å². The van der Waals surface area contributed by atoms with Gasteiger partial charge in [-0.1, -0.05) is 67.8 Å². The molecule has 0 atom stereocenters. The molecule has 0 aliphatic heterocycles. The molecule has 9 heteroatoms. The first-order chi connectivity index (χ1) is 16.8. The van der Waals surface area contributed by atoms with Gasteiger partial charge in [-0.25, -0.2) is 14.4 Å². The van der Waals surface area contributed by atoms with Crippen LogP contribution in [0.15, 0.2) is 60.8 Å². The third kappa shape index (κ3) is 5.68. The minimum absolute atomic E-state index is 0.0341. The molecule has 3 aromatic rings. The summed E-state index contributed by atoms with van der Waals surface area (Å²) >= 11 is 0. The van der Waals surface area contributed by atoms with Crippen molar-refractivity contribution in [3.63, 3.8) is 0 Å². The highest BCUT2D eigenvalue weighted by molar-refractivity contribution is 7.90. The molecular weight excluding hydrogens is 462 g/mol. The summed E-state index contributed by atoms with van der Waals surface area (Å²) in [5, 5.41) is 5.76. The van der Waals surface area contributed by atoms with E-state index in [0.717, 1.165) is 41.1 Å². The molecule has 35 heavy (non-hydrogen) atoms. The molecule has 1 fully saturated rings. The van der Waals surface area contributed by atoms with Crippen LogP contribution in [0.25, 0.3) is 0 Å². The van der Waals surface area contributed by atoms with Crippen molar-refractivity contribution in [1.82, 2.24) is 9.97 Å². The maximum absolute atomic E-state index is 13.0. The van der Waals surface area contributed by atoms with Crippen LogP contribution in [0.3, 0.4) is 0 Å². The largest absolute Gasteiger partial charge is 0.341 e. The number of anilines is 3. The van der Waals surface area contributed by atoms with Gasteiger partial charge in [0.2, 0.25) is 5.95 Å². The maximum Gasteiger partial charge on any atom is 0.304 e. The fourth-order valence-electron chi connectivity index (χ4n) is 4.61. The summed E-state index contributed by atoms with van der Waals surface area (Å²) < 4.78 is 27.0. The third-order valence-electron chi connectivity index (χ3n) is 6.47. The van der Waals surface area contributed by atoms with E-state index >= 15 is 0 Å². The first-order valence-corrected chi connectivity index (χ1v) is 13.3. The second-order valence-corrected chi connectivity index (χ2v) is 10.4. The summed E-state index contributed by atoms with van der Waals surface area (Å²) in [6, 6.07) is 17.1. The van der Waals surface area contributed by atoms with Gasteiger partial charge in [0, 0.05) is 19.3 Å². The SMILES string of the molecule is CC(=O)c1cnc(N(C)C2CCCCC2)nc1N(c1ccccc1Cc1ccccc1)S(N)(=O)=O. The highest BCUT2D eigenvalue weighted by atomic mass is 32.2. The van der Waals surface area contributed by atoms with Crippen molar-refractivity contribution in [2.24, 2.45) is 5.14 Å². The number of nitrogens with two attached hydrogens (primary N) is 1.